The minimum Gasteiger partial charge on any atom is -0.342 e. The number of benzene rings is 1. The Morgan fingerprint density at radius 3 is 2.52 bits per heavy atom. The molecule has 4 rings (SSSR count). The van der Waals surface area contributed by atoms with Gasteiger partial charge in [0.2, 0.25) is 5.91 Å². The number of amides is 3. The molecule has 0 spiro atoms. The molecule has 1 aromatic heterocycles. The predicted molar refractivity (Wildman–Crippen MR) is 105 cm³/mol. The number of nitrogens with zero attached hydrogens (tertiary/aromatic N) is 5. The summed E-state index contributed by atoms with van der Waals surface area (Å²) in [5, 5.41) is 8.33. The van der Waals surface area contributed by atoms with E-state index in [9.17, 15) is 14.4 Å². The van der Waals surface area contributed by atoms with Crippen LogP contribution in [-0.2, 0) is 4.79 Å². The van der Waals surface area contributed by atoms with E-state index in [1.54, 1.807) is 30.6 Å². The summed E-state index contributed by atoms with van der Waals surface area (Å²) >= 11 is 0. The SMILES string of the molecule is CC(C)n1cnnc1C1CCCN(C(=O)CCN2C(=O)c3ccccc3C2=O)C1. The molecule has 1 fully saturated rings. The molecule has 2 aliphatic heterocycles. The maximum Gasteiger partial charge on any atom is 0.261 e. The first-order chi connectivity index (χ1) is 14.0. The van der Waals surface area contributed by atoms with Crippen molar-refractivity contribution in [3.8, 4) is 0 Å². The van der Waals surface area contributed by atoms with Crippen molar-refractivity contribution in [2.24, 2.45) is 0 Å². The molecule has 2 aromatic rings. The van der Waals surface area contributed by atoms with E-state index in [0.29, 0.717) is 24.2 Å². The first kappa shape index (κ1) is 19.3. The summed E-state index contributed by atoms with van der Waals surface area (Å²) in [4.78, 5) is 40.7. The number of carbonyl (C=O) groups is 3. The van der Waals surface area contributed by atoms with Gasteiger partial charge in [-0.15, -0.1) is 10.2 Å². The Labute approximate surface area is 169 Å². The van der Waals surface area contributed by atoms with Crippen LogP contribution in [0.1, 0.15) is 71.6 Å². The second kappa shape index (κ2) is 7.77. The molecule has 1 atom stereocenters. The molecule has 2 aliphatic rings. The second-order valence-electron chi connectivity index (χ2n) is 7.93. The minimum absolute atomic E-state index is 0.0399. The first-order valence-corrected chi connectivity index (χ1v) is 10.1. The molecule has 0 saturated carbocycles. The summed E-state index contributed by atoms with van der Waals surface area (Å²) in [6.45, 7) is 5.55. The van der Waals surface area contributed by atoms with E-state index < -0.39 is 0 Å². The zero-order valence-electron chi connectivity index (χ0n) is 16.7. The topological polar surface area (TPSA) is 88.4 Å². The lowest BCUT2D eigenvalue weighted by atomic mass is 9.96. The molecule has 8 nitrogen and oxygen atoms in total. The molecule has 0 N–H and O–H groups in total. The van der Waals surface area contributed by atoms with Gasteiger partial charge in [-0.05, 0) is 38.8 Å². The lowest BCUT2D eigenvalue weighted by Crippen LogP contribution is -2.42. The van der Waals surface area contributed by atoms with Gasteiger partial charge >= 0.3 is 0 Å². The van der Waals surface area contributed by atoms with E-state index in [0.717, 1.165) is 18.7 Å². The van der Waals surface area contributed by atoms with Crippen LogP contribution in [0, 0.1) is 0 Å². The van der Waals surface area contributed by atoms with Gasteiger partial charge in [0.25, 0.3) is 11.8 Å². The van der Waals surface area contributed by atoms with Gasteiger partial charge in [-0.2, -0.15) is 0 Å². The summed E-state index contributed by atoms with van der Waals surface area (Å²) in [7, 11) is 0. The number of hydrogen-bond acceptors (Lipinski definition) is 5. The van der Waals surface area contributed by atoms with Crippen molar-refractivity contribution in [1.29, 1.82) is 0 Å². The highest BCUT2D eigenvalue weighted by molar-refractivity contribution is 6.21. The summed E-state index contributed by atoms with van der Waals surface area (Å²) in [6.07, 6.45) is 3.74. The van der Waals surface area contributed by atoms with Crippen LogP contribution in [0.2, 0.25) is 0 Å². The smallest absolute Gasteiger partial charge is 0.261 e. The van der Waals surface area contributed by atoms with Crippen molar-refractivity contribution >= 4 is 17.7 Å². The van der Waals surface area contributed by atoms with Gasteiger partial charge in [0.15, 0.2) is 0 Å². The highest BCUT2D eigenvalue weighted by Gasteiger charge is 2.36. The highest BCUT2D eigenvalue weighted by Crippen LogP contribution is 2.28. The predicted octanol–water partition coefficient (Wildman–Crippen LogP) is 2.25. The van der Waals surface area contributed by atoms with Gasteiger partial charge in [-0.25, -0.2) is 0 Å². The zero-order chi connectivity index (χ0) is 20.5. The Kier molecular flexibility index (Phi) is 5.17. The summed E-state index contributed by atoms with van der Waals surface area (Å²) < 4.78 is 2.05. The molecule has 0 aliphatic carbocycles. The molecule has 8 heteroatoms. The van der Waals surface area contributed by atoms with Gasteiger partial charge < -0.3 is 9.47 Å². The quantitative estimate of drug-likeness (QED) is 0.725. The molecule has 3 amide bonds. The van der Waals surface area contributed by atoms with E-state index in [-0.39, 0.29) is 42.6 Å². The number of fused-ring (bicyclic) bond motifs is 1. The number of rotatable bonds is 5. The molecule has 1 saturated heterocycles. The van der Waals surface area contributed by atoms with Gasteiger partial charge in [-0.3, -0.25) is 19.3 Å². The van der Waals surface area contributed by atoms with Crippen molar-refractivity contribution < 1.29 is 14.4 Å². The third-order valence-electron chi connectivity index (χ3n) is 5.72. The standard InChI is InChI=1S/C21H25N5O3/c1-14(2)26-13-22-23-19(26)15-6-5-10-24(12-15)18(27)9-11-25-20(28)16-7-3-4-8-17(16)21(25)29/h3-4,7-8,13-15H,5-6,9-12H2,1-2H3. The lowest BCUT2D eigenvalue weighted by molar-refractivity contribution is -0.132. The molecule has 1 unspecified atom stereocenters. The normalized spacial score (nSPS) is 19.2. The van der Waals surface area contributed by atoms with Crippen LogP contribution < -0.4 is 0 Å². The number of hydrogen-bond donors (Lipinski definition) is 0. The number of piperidine rings is 1. The number of aromatic nitrogens is 3. The Morgan fingerprint density at radius 1 is 1.17 bits per heavy atom. The van der Waals surface area contributed by atoms with Crippen LogP contribution in [0.15, 0.2) is 30.6 Å². The van der Waals surface area contributed by atoms with Crippen LogP contribution in [-0.4, -0.2) is 61.9 Å². The monoisotopic (exact) mass is 395 g/mol. The van der Waals surface area contributed by atoms with Crippen molar-refractivity contribution in [2.45, 2.75) is 45.1 Å². The fourth-order valence-corrected chi connectivity index (χ4v) is 4.16. The van der Waals surface area contributed by atoms with Crippen LogP contribution in [0.3, 0.4) is 0 Å². The van der Waals surface area contributed by atoms with E-state index in [4.69, 9.17) is 0 Å². The van der Waals surface area contributed by atoms with E-state index in [1.807, 2.05) is 4.90 Å². The second-order valence-corrected chi connectivity index (χ2v) is 7.93. The molecular formula is C21H25N5O3. The molecule has 1 aromatic carbocycles. The highest BCUT2D eigenvalue weighted by atomic mass is 16.2. The molecule has 3 heterocycles. The van der Waals surface area contributed by atoms with Gasteiger partial charge in [0.05, 0.1) is 11.1 Å². The Hall–Kier alpha value is -3.03. The van der Waals surface area contributed by atoms with Crippen LogP contribution in [0.25, 0.3) is 0 Å². The van der Waals surface area contributed by atoms with Crippen molar-refractivity contribution in [2.75, 3.05) is 19.6 Å². The van der Waals surface area contributed by atoms with Gasteiger partial charge in [0.1, 0.15) is 12.2 Å². The first-order valence-electron chi connectivity index (χ1n) is 10.1. The Bertz CT molecular complexity index is 916. The van der Waals surface area contributed by atoms with Gasteiger partial charge in [-0.1, -0.05) is 12.1 Å². The molecule has 152 valence electrons. The largest absolute Gasteiger partial charge is 0.342 e. The zero-order valence-corrected chi connectivity index (χ0v) is 16.7. The molecule has 0 bridgehead atoms. The fraction of sp³-hybridized carbons (Fsp3) is 0.476. The summed E-state index contributed by atoms with van der Waals surface area (Å²) in [6, 6.07) is 7.04. The molecule has 29 heavy (non-hydrogen) atoms. The Morgan fingerprint density at radius 2 is 1.86 bits per heavy atom. The minimum atomic E-state index is -0.319. The average Bonchev–Trinajstić information content (AvgIpc) is 3.31. The fourth-order valence-electron chi connectivity index (χ4n) is 4.16. The maximum absolute atomic E-state index is 12.8. The number of carbonyl (C=O) groups excluding carboxylic acids is 3. The average molecular weight is 395 g/mol. The molecular weight excluding hydrogens is 370 g/mol. The molecule has 0 radical (unpaired) electrons. The van der Waals surface area contributed by atoms with Crippen molar-refractivity contribution in [3.05, 3.63) is 47.5 Å². The lowest BCUT2D eigenvalue weighted by Gasteiger charge is -2.33. The van der Waals surface area contributed by atoms with Crippen molar-refractivity contribution in [3.63, 3.8) is 0 Å². The Balaban J connectivity index is 1.39. The number of imide groups is 1. The van der Waals surface area contributed by atoms with E-state index in [1.165, 1.54) is 4.90 Å². The van der Waals surface area contributed by atoms with Crippen LogP contribution in [0.5, 0.6) is 0 Å². The summed E-state index contributed by atoms with van der Waals surface area (Å²) in [5.74, 6) is 0.386. The van der Waals surface area contributed by atoms with Crippen molar-refractivity contribution in [1.82, 2.24) is 24.6 Å². The van der Waals surface area contributed by atoms with E-state index >= 15 is 0 Å². The third-order valence-corrected chi connectivity index (χ3v) is 5.72. The van der Waals surface area contributed by atoms with E-state index in [2.05, 4.69) is 28.6 Å². The summed E-state index contributed by atoms with van der Waals surface area (Å²) in [5.41, 5.74) is 0.826. The van der Waals surface area contributed by atoms with Gasteiger partial charge in [0, 0.05) is 38.0 Å². The third kappa shape index (κ3) is 3.54. The van der Waals surface area contributed by atoms with Crippen LogP contribution in [0.4, 0.5) is 0 Å². The maximum atomic E-state index is 12.8. The van der Waals surface area contributed by atoms with Crippen LogP contribution >= 0.6 is 0 Å². The number of likely N-dealkylation sites (tertiary alicyclic amines) is 1.